The van der Waals surface area contributed by atoms with Gasteiger partial charge in [0.1, 0.15) is 0 Å². The van der Waals surface area contributed by atoms with Gasteiger partial charge in [0.25, 0.3) is 5.91 Å². The number of carbonyl (C=O) groups is 2. The first-order valence-electron chi connectivity index (χ1n) is 6.50. The Morgan fingerprint density at radius 3 is 2.38 bits per heavy atom. The molecular weight excluding hydrogens is 347 g/mol. The maximum absolute atomic E-state index is 13.7. The summed E-state index contributed by atoms with van der Waals surface area (Å²) in [5.74, 6) is -2.81. The molecule has 1 aromatic heterocycles. The van der Waals surface area contributed by atoms with Gasteiger partial charge in [-0.2, -0.15) is 13.2 Å². The summed E-state index contributed by atoms with van der Waals surface area (Å²) in [7, 11) is 0.793. The fraction of sp³-hybridized carbons (Fsp3) is 0.214. The molecule has 2 aromatic rings. The zero-order valence-electron chi connectivity index (χ0n) is 12.3. The highest BCUT2D eigenvalue weighted by Crippen LogP contribution is 2.33. The van der Waals surface area contributed by atoms with E-state index in [9.17, 15) is 22.8 Å². The van der Waals surface area contributed by atoms with E-state index in [4.69, 9.17) is 0 Å². The number of benzene rings is 1. The molecule has 0 bridgehead atoms. The lowest BCUT2D eigenvalue weighted by atomic mass is 10.1. The number of halogens is 3. The van der Waals surface area contributed by atoms with Crippen LogP contribution in [0.15, 0.2) is 41.9 Å². The Kier molecular flexibility index (Phi) is 5.07. The van der Waals surface area contributed by atoms with Crippen LogP contribution in [0.25, 0.3) is 0 Å². The molecular formula is C14H12F3N3O3S. The van der Waals surface area contributed by atoms with Crippen LogP contribution in [-0.4, -0.2) is 35.8 Å². The molecule has 0 unspecified atom stereocenters. The summed E-state index contributed by atoms with van der Waals surface area (Å²) in [6, 6.07) is 7.20. The Hall–Kier alpha value is -2.62. The molecule has 2 N–H and O–H groups in total. The summed E-state index contributed by atoms with van der Waals surface area (Å²) >= 11 is 0.835. The van der Waals surface area contributed by atoms with Crippen molar-refractivity contribution in [2.24, 2.45) is 0 Å². The van der Waals surface area contributed by atoms with Crippen LogP contribution >= 0.6 is 11.3 Å². The normalized spacial score (nSPS) is 13.7. The predicted molar refractivity (Wildman–Crippen MR) is 80.4 cm³/mol. The quantitative estimate of drug-likeness (QED) is 0.633. The van der Waals surface area contributed by atoms with Crippen LogP contribution in [0.5, 0.6) is 0 Å². The number of rotatable bonds is 5. The van der Waals surface area contributed by atoms with Gasteiger partial charge in [0.2, 0.25) is 0 Å². The lowest BCUT2D eigenvalue weighted by Gasteiger charge is -2.34. The first-order valence-corrected chi connectivity index (χ1v) is 7.38. The van der Waals surface area contributed by atoms with Crippen LogP contribution in [0.3, 0.4) is 0 Å². The Bertz CT molecular complexity index is 707. The SMILES string of the molecule is COC(=O)[C@@](NC(=O)c1ccccc1)(Nc1nccs1)C(F)(F)F. The van der Waals surface area contributed by atoms with Crippen LogP contribution in [0, 0.1) is 0 Å². The number of alkyl halides is 3. The average Bonchev–Trinajstić information content (AvgIpc) is 3.06. The summed E-state index contributed by atoms with van der Waals surface area (Å²) in [6.07, 6.45) is -3.93. The first-order chi connectivity index (χ1) is 11.3. The minimum Gasteiger partial charge on any atom is -0.466 e. The van der Waals surface area contributed by atoms with Crippen LogP contribution in [0.2, 0.25) is 0 Å². The van der Waals surface area contributed by atoms with E-state index in [0.29, 0.717) is 0 Å². The number of carbonyl (C=O) groups excluding carboxylic acids is 2. The van der Waals surface area contributed by atoms with Gasteiger partial charge in [-0.15, -0.1) is 11.3 Å². The summed E-state index contributed by atoms with van der Waals surface area (Å²) < 4.78 is 45.3. The molecule has 0 radical (unpaired) electrons. The van der Waals surface area contributed by atoms with E-state index in [-0.39, 0.29) is 10.7 Å². The summed E-state index contributed by atoms with van der Waals surface area (Å²) in [4.78, 5) is 27.8. The molecule has 0 aliphatic rings. The number of nitrogens with zero attached hydrogens (tertiary/aromatic N) is 1. The first kappa shape index (κ1) is 17.7. The molecule has 1 aromatic carbocycles. The van der Waals surface area contributed by atoms with Crippen molar-refractivity contribution in [3.8, 4) is 0 Å². The predicted octanol–water partition coefficient (Wildman–Crippen LogP) is 2.42. The Labute approximate surface area is 138 Å². The van der Waals surface area contributed by atoms with Gasteiger partial charge in [-0.3, -0.25) is 4.79 Å². The van der Waals surface area contributed by atoms with Gasteiger partial charge in [0.05, 0.1) is 7.11 Å². The smallest absolute Gasteiger partial charge is 0.442 e. The highest BCUT2D eigenvalue weighted by molar-refractivity contribution is 7.13. The molecule has 10 heteroatoms. The van der Waals surface area contributed by atoms with Crippen LogP contribution in [-0.2, 0) is 9.53 Å². The van der Waals surface area contributed by atoms with Crippen molar-refractivity contribution >= 4 is 28.3 Å². The topological polar surface area (TPSA) is 80.3 Å². The molecule has 0 saturated carbocycles. The molecule has 2 rings (SSSR count). The van der Waals surface area contributed by atoms with Crippen molar-refractivity contribution in [1.82, 2.24) is 10.3 Å². The third-order valence-corrected chi connectivity index (χ3v) is 3.67. The highest BCUT2D eigenvalue weighted by Gasteiger charge is 2.64. The number of amides is 1. The van der Waals surface area contributed by atoms with Crippen molar-refractivity contribution in [1.29, 1.82) is 0 Å². The van der Waals surface area contributed by atoms with E-state index in [1.165, 1.54) is 35.8 Å². The second-order valence-electron chi connectivity index (χ2n) is 4.52. The molecule has 1 heterocycles. The van der Waals surface area contributed by atoms with Crippen molar-refractivity contribution in [2.75, 3.05) is 12.4 Å². The number of aromatic nitrogens is 1. The number of hydrogen-bond donors (Lipinski definition) is 2. The van der Waals surface area contributed by atoms with E-state index in [1.54, 1.807) is 11.4 Å². The fourth-order valence-corrected chi connectivity index (χ4v) is 2.41. The summed E-state index contributed by atoms with van der Waals surface area (Å²) in [5.41, 5.74) is -3.51. The second kappa shape index (κ2) is 6.87. The van der Waals surface area contributed by atoms with E-state index in [1.807, 2.05) is 5.32 Å². The number of thiazole rings is 1. The van der Waals surface area contributed by atoms with Gasteiger partial charge >= 0.3 is 17.8 Å². The standard InChI is InChI=1S/C14H12F3N3O3S/c1-23-11(22)13(14(15,16)17,20-12-18-7-8-24-12)19-10(21)9-5-3-2-4-6-9/h2-8H,1H3,(H,18,20)(H,19,21)/t13-/m1/s1. The van der Waals surface area contributed by atoms with Gasteiger partial charge in [-0.05, 0) is 12.1 Å². The number of esters is 1. The molecule has 0 aliphatic heterocycles. The Morgan fingerprint density at radius 2 is 1.88 bits per heavy atom. The highest BCUT2D eigenvalue weighted by atomic mass is 32.1. The van der Waals surface area contributed by atoms with Gasteiger partial charge in [0, 0.05) is 17.1 Å². The maximum Gasteiger partial charge on any atom is 0.442 e. The van der Waals surface area contributed by atoms with Crippen LogP contribution in [0.1, 0.15) is 10.4 Å². The van der Waals surface area contributed by atoms with Crippen LogP contribution in [0.4, 0.5) is 18.3 Å². The average molecular weight is 359 g/mol. The van der Waals surface area contributed by atoms with E-state index in [2.05, 4.69) is 9.72 Å². The molecule has 24 heavy (non-hydrogen) atoms. The monoisotopic (exact) mass is 359 g/mol. The lowest BCUT2D eigenvalue weighted by Crippen LogP contribution is -2.69. The zero-order valence-corrected chi connectivity index (χ0v) is 13.1. The number of hydrogen-bond acceptors (Lipinski definition) is 6. The van der Waals surface area contributed by atoms with Crippen molar-refractivity contribution < 1.29 is 27.5 Å². The largest absolute Gasteiger partial charge is 0.466 e. The fourth-order valence-electron chi connectivity index (χ4n) is 1.82. The number of nitrogens with one attached hydrogen (secondary N) is 2. The third kappa shape index (κ3) is 3.48. The number of methoxy groups -OCH3 is 1. The van der Waals surface area contributed by atoms with E-state index >= 15 is 0 Å². The number of ether oxygens (including phenoxy) is 1. The van der Waals surface area contributed by atoms with Crippen LogP contribution < -0.4 is 10.6 Å². The van der Waals surface area contributed by atoms with Gasteiger partial charge in [-0.25, -0.2) is 9.78 Å². The molecule has 0 fully saturated rings. The Balaban J connectivity index is 2.44. The molecule has 1 amide bonds. The molecule has 6 nitrogen and oxygen atoms in total. The maximum atomic E-state index is 13.7. The minimum atomic E-state index is -5.18. The lowest BCUT2D eigenvalue weighted by molar-refractivity contribution is -0.203. The summed E-state index contributed by atoms with van der Waals surface area (Å²) in [5, 5.41) is 4.85. The third-order valence-electron chi connectivity index (χ3n) is 2.98. The molecule has 128 valence electrons. The molecule has 0 saturated heterocycles. The zero-order chi connectivity index (χ0) is 17.8. The molecule has 0 aliphatic carbocycles. The Morgan fingerprint density at radius 1 is 1.21 bits per heavy atom. The van der Waals surface area contributed by atoms with Crippen molar-refractivity contribution in [2.45, 2.75) is 11.8 Å². The molecule has 1 atom stereocenters. The van der Waals surface area contributed by atoms with E-state index < -0.39 is 23.7 Å². The number of anilines is 1. The van der Waals surface area contributed by atoms with Crippen molar-refractivity contribution in [3.05, 3.63) is 47.5 Å². The molecule has 0 spiro atoms. The van der Waals surface area contributed by atoms with Gasteiger partial charge in [-0.1, -0.05) is 18.2 Å². The van der Waals surface area contributed by atoms with Gasteiger partial charge in [0.15, 0.2) is 5.13 Å². The van der Waals surface area contributed by atoms with Crippen molar-refractivity contribution in [3.63, 3.8) is 0 Å². The second-order valence-corrected chi connectivity index (χ2v) is 5.42. The van der Waals surface area contributed by atoms with Gasteiger partial charge < -0.3 is 15.4 Å². The van der Waals surface area contributed by atoms with E-state index in [0.717, 1.165) is 18.4 Å². The minimum absolute atomic E-state index is 0.0454. The summed E-state index contributed by atoms with van der Waals surface area (Å²) in [6.45, 7) is 0.